The van der Waals surface area contributed by atoms with Crippen LogP contribution < -0.4 is 14.8 Å². The van der Waals surface area contributed by atoms with Crippen LogP contribution in [0.1, 0.15) is 50.0 Å². The van der Waals surface area contributed by atoms with Crippen molar-refractivity contribution in [3.05, 3.63) is 60.7 Å². The summed E-state index contributed by atoms with van der Waals surface area (Å²) < 4.78 is 12.9. The predicted molar refractivity (Wildman–Crippen MR) is 128 cm³/mol. The van der Waals surface area contributed by atoms with Gasteiger partial charge in [-0.25, -0.2) is 4.98 Å². The van der Waals surface area contributed by atoms with E-state index in [-0.39, 0.29) is 5.91 Å². The van der Waals surface area contributed by atoms with Crippen molar-refractivity contribution in [2.24, 2.45) is 5.92 Å². The molecule has 0 saturated carbocycles. The molecule has 0 spiro atoms. The molecule has 1 unspecified atom stereocenters. The van der Waals surface area contributed by atoms with Gasteiger partial charge in [-0.15, -0.1) is 0 Å². The average molecular weight is 436 g/mol. The number of unbranched alkanes of at least 4 members (excludes halogenated alkanes) is 1. The molecule has 3 aromatic rings. The molecule has 1 atom stereocenters. The zero-order chi connectivity index (χ0) is 22.9. The third-order valence-corrected chi connectivity index (χ3v) is 5.83. The third-order valence-electron chi connectivity index (χ3n) is 5.83. The maximum absolute atomic E-state index is 12.8. The van der Waals surface area contributed by atoms with Crippen molar-refractivity contribution < 1.29 is 14.3 Å². The minimum absolute atomic E-state index is 0.104. The van der Waals surface area contributed by atoms with E-state index in [2.05, 4.69) is 24.1 Å². The molecular formula is C26H33N3O3. The summed E-state index contributed by atoms with van der Waals surface area (Å²) in [6.45, 7) is 5.06. The maximum Gasteiger partial charge on any atom is 0.269 e. The number of hydrogen-bond acceptors (Lipinski definition) is 4. The maximum atomic E-state index is 12.8. The van der Waals surface area contributed by atoms with Crippen LogP contribution in [0.5, 0.6) is 11.5 Å². The van der Waals surface area contributed by atoms with E-state index in [0.717, 1.165) is 41.2 Å². The van der Waals surface area contributed by atoms with Gasteiger partial charge in [-0.2, -0.15) is 0 Å². The van der Waals surface area contributed by atoms with E-state index >= 15 is 0 Å². The lowest BCUT2D eigenvalue weighted by molar-refractivity contribution is 0.0939. The second-order valence-corrected chi connectivity index (χ2v) is 7.86. The van der Waals surface area contributed by atoms with Gasteiger partial charge < -0.3 is 14.8 Å². The van der Waals surface area contributed by atoms with Crippen molar-refractivity contribution in [3.63, 3.8) is 0 Å². The van der Waals surface area contributed by atoms with Gasteiger partial charge in [-0.1, -0.05) is 51.3 Å². The first-order valence-corrected chi connectivity index (χ1v) is 11.2. The monoisotopic (exact) mass is 435 g/mol. The Kier molecular flexibility index (Phi) is 8.31. The van der Waals surface area contributed by atoms with Crippen LogP contribution in [0.25, 0.3) is 16.8 Å². The Morgan fingerprint density at radius 2 is 1.75 bits per heavy atom. The van der Waals surface area contributed by atoms with E-state index in [1.165, 1.54) is 12.8 Å². The Morgan fingerprint density at radius 3 is 2.34 bits per heavy atom. The fourth-order valence-electron chi connectivity index (χ4n) is 3.86. The van der Waals surface area contributed by atoms with Crippen LogP contribution >= 0.6 is 0 Å². The Labute approximate surface area is 190 Å². The largest absolute Gasteiger partial charge is 0.496 e. The van der Waals surface area contributed by atoms with Crippen molar-refractivity contribution in [3.8, 4) is 28.3 Å². The normalized spacial score (nSPS) is 11.8. The molecule has 32 heavy (non-hydrogen) atoms. The fourth-order valence-corrected chi connectivity index (χ4v) is 3.86. The van der Waals surface area contributed by atoms with Gasteiger partial charge >= 0.3 is 0 Å². The molecule has 3 rings (SSSR count). The van der Waals surface area contributed by atoms with Gasteiger partial charge in [-0.05, 0) is 42.2 Å². The van der Waals surface area contributed by atoms with Gasteiger partial charge in [0.05, 0.1) is 32.3 Å². The molecule has 0 fully saturated rings. The minimum atomic E-state index is -0.104. The fraction of sp³-hybridized carbons (Fsp3) is 0.385. The van der Waals surface area contributed by atoms with Crippen LogP contribution in [0.3, 0.4) is 0 Å². The number of nitrogens with zero attached hydrogens (tertiary/aromatic N) is 2. The number of amides is 1. The summed E-state index contributed by atoms with van der Waals surface area (Å²) in [7, 11) is 3.29. The molecule has 170 valence electrons. The molecule has 0 bridgehead atoms. The first kappa shape index (κ1) is 23.4. The molecule has 6 nitrogen and oxygen atoms in total. The van der Waals surface area contributed by atoms with Gasteiger partial charge in [0, 0.05) is 12.2 Å². The predicted octanol–water partition coefficient (Wildman–Crippen LogP) is 5.50. The lowest BCUT2D eigenvalue weighted by Crippen LogP contribution is -2.30. The van der Waals surface area contributed by atoms with E-state index in [0.29, 0.717) is 18.2 Å². The molecule has 0 saturated heterocycles. The van der Waals surface area contributed by atoms with E-state index in [1.54, 1.807) is 26.7 Å². The summed E-state index contributed by atoms with van der Waals surface area (Å²) in [5.41, 5.74) is 3.25. The molecule has 0 aliphatic heterocycles. The number of rotatable bonds is 11. The van der Waals surface area contributed by atoms with Crippen molar-refractivity contribution >= 4 is 5.91 Å². The van der Waals surface area contributed by atoms with Crippen LogP contribution in [0.4, 0.5) is 0 Å². The summed E-state index contributed by atoms with van der Waals surface area (Å²) in [5.74, 6) is 1.89. The van der Waals surface area contributed by atoms with E-state index < -0.39 is 0 Å². The highest BCUT2D eigenvalue weighted by molar-refractivity contribution is 5.93. The highest BCUT2D eigenvalue weighted by Gasteiger charge is 2.16. The number of carbonyl (C=O) groups excluding carboxylic acids is 1. The Bertz CT molecular complexity index is 989. The zero-order valence-corrected chi connectivity index (χ0v) is 19.4. The van der Waals surface area contributed by atoms with Crippen molar-refractivity contribution in [1.29, 1.82) is 0 Å². The van der Waals surface area contributed by atoms with E-state index in [1.807, 2.05) is 47.0 Å². The van der Waals surface area contributed by atoms with Crippen LogP contribution in [0.15, 0.2) is 55.0 Å². The topological polar surface area (TPSA) is 65.4 Å². The quantitative estimate of drug-likeness (QED) is 0.432. The number of imidazole rings is 1. The van der Waals surface area contributed by atoms with Gasteiger partial charge in [-0.3, -0.25) is 9.36 Å². The molecule has 0 aliphatic carbocycles. The first-order valence-electron chi connectivity index (χ1n) is 11.2. The number of carbonyl (C=O) groups is 1. The smallest absolute Gasteiger partial charge is 0.269 e. The van der Waals surface area contributed by atoms with E-state index in [4.69, 9.17) is 9.47 Å². The average Bonchev–Trinajstić information content (AvgIpc) is 3.33. The SMILES string of the molecule is CCCCC(CC)CNC(=O)c1cncn1-c1ccc(-c2c(OC)cccc2OC)cc1. The Morgan fingerprint density at radius 1 is 1.06 bits per heavy atom. The zero-order valence-electron chi connectivity index (χ0n) is 19.4. The molecule has 1 aromatic heterocycles. The van der Waals surface area contributed by atoms with Crippen molar-refractivity contribution in [2.45, 2.75) is 39.5 Å². The summed E-state index contributed by atoms with van der Waals surface area (Å²) in [4.78, 5) is 17.1. The second-order valence-electron chi connectivity index (χ2n) is 7.86. The summed E-state index contributed by atoms with van der Waals surface area (Å²) in [6, 6.07) is 13.6. The number of ether oxygens (including phenoxy) is 2. The van der Waals surface area contributed by atoms with Gasteiger partial charge in [0.15, 0.2) is 0 Å². The van der Waals surface area contributed by atoms with Crippen LogP contribution in [-0.2, 0) is 0 Å². The van der Waals surface area contributed by atoms with Gasteiger partial charge in [0.25, 0.3) is 5.91 Å². The molecule has 6 heteroatoms. The summed E-state index contributed by atoms with van der Waals surface area (Å²) in [6.07, 6.45) is 7.85. The van der Waals surface area contributed by atoms with Crippen molar-refractivity contribution in [2.75, 3.05) is 20.8 Å². The van der Waals surface area contributed by atoms with Gasteiger partial charge in [0.1, 0.15) is 17.2 Å². The van der Waals surface area contributed by atoms with Crippen molar-refractivity contribution in [1.82, 2.24) is 14.9 Å². The summed E-state index contributed by atoms with van der Waals surface area (Å²) >= 11 is 0. The number of nitrogens with one attached hydrogen (secondary N) is 1. The number of methoxy groups -OCH3 is 2. The second kappa shape index (κ2) is 11.4. The first-order chi connectivity index (χ1) is 15.6. The Hall–Kier alpha value is -3.28. The third kappa shape index (κ3) is 5.31. The lowest BCUT2D eigenvalue weighted by Gasteiger charge is -2.16. The molecule has 1 heterocycles. The molecule has 0 aliphatic rings. The van der Waals surface area contributed by atoms with Crippen LogP contribution in [0.2, 0.25) is 0 Å². The molecular weight excluding hydrogens is 402 g/mol. The standard InChI is InChI=1S/C26H33N3O3/c1-5-7-9-19(6-2)16-28-26(30)22-17-27-18-29(22)21-14-12-20(13-15-21)25-23(31-3)10-8-11-24(25)32-4/h8,10-15,17-19H,5-7,9,16H2,1-4H3,(H,28,30). The summed E-state index contributed by atoms with van der Waals surface area (Å²) in [5, 5.41) is 3.09. The number of aromatic nitrogens is 2. The molecule has 1 amide bonds. The van der Waals surface area contributed by atoms with Crippen LogP contribution in [-0.4, -0.2) is 36.2 Å². The highest BCUT2D eigenvalue weighted by Crippen LogP contribution is 2.38. The lowest BCUT2D eigenvalue weighted by atomic mass is 9.99. The molecule has 0 radical (unpaired) electrons. The van der Waals surface area contributed by atoms with E-state index in [9.17, 15) is 4.79 Å². The number of benzene rings is 2. The highest BCUT2D eigenvalue weighted by atomic mass is 16.5. The number of hydrogen-bond donors (Lipinski definition) is 1. The molecule has 1 N–H and O–H groups in total. The minimum Gasteiger partial charge on any atom is -0.496 e. The van der Waals surface area contributed by atoms with Gasteiger partial charge in [0.2, 0.25) is 0 Å². The Balaban J connectivity index is 1.79. The van der Waals surface area contributed by atoms with Crippen LogP contribution in [0, 0.1) is 5.92 Å². The molecule has 2 aromatic carbocycles.